The summed E-state index contributed by atoms with van der Waals surface area (Å²) in [4.78, 5) is 53.6. The van der Waals surface area contributed by atoms with Gasteiger partial charge in [-0.1, -0.05) is 93.2 Å². The number of hydrogen-bond acceptors (Lipinski definition) is 6. The summed E-state index contributed by atoms with van der Waals surface area (Å²) in [7, 11) is 0. The molecule has 268 valence electrons. The number of ether oxygens (including phenoxy) is 1. The summed E-state index contributed by atoms with van der Waals surface area (Å²) in [5.74, 6) is -0.362. The molecule has 0 aromatic heterocycles. The molecule has 1 saturated heterocycles. The Hall–Kier alpha value is -4.11. The predicted molar refractivity (Wildman–Crippen MR) is 201 cm³/mol. The molecule has 0 radical (unpaired) electrons. The second-order valence-corrected chi connectivity index (χ2v) is 13.1. The summed E-state index contributed by atoms with van der Waals surface area (Å²) < 4.78 is 5.38. The van der Waals surface area contributed by atoms with Gasteiger partial charge in [0, 0.05) is 56.1 Å². The molecule has 9 nitrogen and oxygen atoms in total. The average molecular weight is 675 g/mol. The maximum Gasteiger partial charge on any atom is 0.316 e. The van der Waals surface area contributed by atoms with E-state index in [0.717, 1.165) is 36.1 Å². The first kappa shape index (κ1) is 41.1. The van der Waals surface area contributed by atoms with Crippen LogP contribution in [0.2, 0.25) is 0 Å². The fourth-order valence-corrected chi connectivity index (χ4v) is 5.83. The number of benzene rings is 1. The second kappa shape index (κ2) is 22.5. The molecule has 1 atom stereocenters. The molecule has 1 fully saturated rings. The van der Waals surface area contributed by atoms with Crippen LogP contribution in [0.4, 0.5) is 5.69 Å². The molecule has 3 amide bonds. The highest BCUT2D eigenvalue weighted by molar-refractivity contribution is 5.96. The Morgan fingerprint density at radius 2 is 1.80 bits per heavy atom. The largest absolute Gasteiger partial charge is 0.373 e. The van der Waals surface area contributed by atoms with Crippen LogP contribution in [0.15, 0.2) is 83.1 Å². The minimum Gasteiger partial charge on any atom is -0.373 e. The summed E-state index contributed by atoms with van der Waals surface area (Å²) >= 11 is 0. The van der Waals surface area contributed by atoms with Gasteiger partial charge in [0.25, 0.3) is 0 Å². The number of hydrogen-bond donors (Lipinski definition) is 0. The van der Waals surface area contributed by atoms with Crippen LogP contribution < -0.4 is 4.90 Å². The zero-order valence-corrected chi connectivity index (χ0v) is 30.7. The zero-order chi connectivity index (χ0) is 36.2. The van der Waals surface area contributed by atoms with E-state index in [9.17, 15) is 19.3 Å². The molecule has 0 bridgehead atoms. The van der Waals surface area contributed by atoms with E-state index in [-0.39, 0.29) is 23.9 Å². The first-order valence-corrected chi connectivity index (χ1v) is 17.6. The van der Waals surface area contributed by atoms with Crippen molar-refractivity contribution in [2.24, 2.45) is 11.1 Å². The van der Waals surface area contributed by atoms with Gasteiger partial charge in [0.2, 0.25) is 11.8 Å². The Kier molecular flexibility index (Phi) is 18.9. The van der Waals surface area contributed by atoms with Crippen LogP contribution in [0, 0.1) is 10.8 Å². The fraction of sp³-hybridized carbons (Fsp3) is 0.525. The average Bonchev–Trinajstić information content (AvgIpc) is 3.31. The lowest BCUT2D eigenvalue weighted by molar-refractivity contribution is -0.137. The maximum absolute atomic E-state index is 13.3. The van der Waals surface area contributed by atoms with Gasteiger partial charge >= 0.3 is 5.91 Å². The van der Waals surface area contributed by atoms with Crippen molar-refractivity contribution in [2.45, 2.75) is 80.1 Å². The van der Waals surface area contributed by atoms with Crippen LogP contribution in [0.3, 0.4) is 0 Å². The van der Waals surface area contributed by atoms with Gasteiger partial charge in [-0.3, -0.25) is 14.4 Å². The van der Waals surface area contributed by atoms with Crippen molar-refractivity contribution < 1.29 is 19.1 Å². The first-order chi connectivity index (χ1) is 23.5. The zero-order valence-electron chi connectivity index (χ0n) is 30.7. The summed E-state index contributed by atoms with van der Waals surface area (Å²) in [6, 6.07) is 5.27. The molecule has 1 unspecified atom stereocenters. The van der Waals surface area contributed by atoms with Crippen molar-refractivity contribution in [3.05, 3.63) is 94.0 Å². The molecular weight excluding hydrogens is 616 g/mol. The molecule has 1 aliphatic carbocycles. The van der Waals surface area contributed by atoms with Gasteiger partial charge in [-0.05, 0) is 62.8 Å². The van der Waals surface area contributed by atoms with Crippen LogP contribution in [0.5, 0.6) is 0 Å². The van der Waals surface area contributed by atoms with Gasteiger partial charge < -0.3 is 19.4 Å². The van der Waals surface area contributed by atoms with Crippen LogP contribution in [0.25, 0.3) is 0 Å². The van der Waals surface area contributed by atoms with Crippen molar-refractivity contribution in [3.8, 4) is 0 Å². The fourth-order valence-electron chi connectivity index (χ4n) is 5.83. The number of carbonyl (C=O) groups is 3. The third kappa shape index (κ3) is 14.9. The highest BCUT2D eigenvalue weighted by atomic mass is 16.5. The monoisotopic (exact) mass is 674 g/mol. The number of carbonyl (C=O) groups excluding carboxylic acids is 3. The number of unbranched alkanes of at least 4 members (excludes halogenated alkanes) is 2. The number of nitrogens with zero attached hydrogens (tertiary/aromatic N) is 4. The van der Waals surface area contributed by atoms with Crippen molar-refractivity contribution in [1.29, 1.82) is 0 Å². The van der Waals surface area contributed by atoms with Crippen LogP contribution >= 0.6 is 0 Å². The molecule has 0 N–H and O–H groups in total. The standard InChI is InChI=1S/C28H42N4O4.C12H16O/c1-6-8-9-10-22(4)17-24-11-12-25(28(35)29-36)18-26(24)32(19-21(3)7-2)20-27(34)31-15-13-30(14-16-31)23(5)33;1-3-8-13-10-12-7-5-4-6-11(2)9-12/h7,11-12,18,22H,6,8-10,13-17,19-20H2,1-5H3;3-6,9H,1,7-8,10H2,2H3/b21-7+;. The van der Waals surface area contributed by atoms with Crippen molar-refractivity contribution in [1.82, 2.24) is 9.80 Å². The quantitative estimate of drug-likeness (QED) is 0.101. The number of amides is 3. The van der Waals surface area contributed by atoms with E-state index in [2.05, 4.69) is 56.8 Å². The summed E-state index contributed by atoms with van der Waals surface area (Å²) in [6.45, 7) is 19.7. The normalized spacial score (nSPS) is 15.3. The number of allylic oxidation sites excluding steroid dienone is 6. The highest BCUT2D eigenvalue weighted by Gasteiger charge is 2.25. The van der Waals surface area contributed by atoms with Crippen molar-refractivity contribution >= 4 is 23.4 Å². The van der Waals surface area contributed by atoms with E-state index >= 15 is 0 Å². The summed E-state index contributed by atoms with van der Waals surface area (Å²) in [5.41, 5.74) is 5.78. The van der Waals surface area contributed by atoms with Crippen LogP contribution in [0.1, 0.15) is 89.6 Å². The van der Waals surface area contributed by atoms with Gasteiger partial charge in [-0.25, -0.2) is 0 Å². The molecule has 49 heavy (non-hydrogen) atoms. The Morgan fingerprint density at radius 3 is 2.43 bits per heavy atom. The summed E-state index contributed by atoms with van der Waals surface area (Å²) in [6.07, 6.45) is 18.8. The Balaban J connectivity index is 0.000000535. The molecule has 3 rings (SSSR count). The van der Waals surface area contributed by atoms with Gasteiger partial charge in [-0.2, -0.15) is 0 Å². The summed E-state index contributed by atoms with van der Waals surface area (Å²) in [5, 5.41) is 2.61. The molecule has 0 saturated carbocycles. The maximum atomic E-state index is 13.3. The Morgan fingerprint density at radius 1 is 1.08 bits per heavy atom. The molecule has 2 aliphatic rings. The lowest BCUT2D eigenvalue weighted by atomic mass is 9.93. The van der Waals surface area contributed by atoms with Crippen LogP contribution in [-0.2, 0) is 20.7 Å². The van der Waals surface area contributed by atoms with E-state index in [1.165, 1.54) is 30.4 Å². The van der Waals surface area contributed by atoms with E-state index in [1.807, 2.05) is 30.9 Å². The molecule has 9 heteroatoms. The molecule has 1 aromatic rings. The second-order valence-electron chi connectivity index (χ2n) is 13.1. The van der Waals surface area contributed by atoms with Gasteiger partial charge in [0.15, 0.2) is 0 Å². The molecule has 1 aromatic carbocycles. The lowest BCUT2D eigenvalue weighted by Gasteiger charge is -2.36. The van der Waals surface area contributed by atoms with E-state index in [1.54, 1.807) is 34.9 Å². The van der Waals surface area contributed by atoms with Crippen molar-refractivity contribution in [3.63, 3.8) is 0 Å². The molecular formula is C40H58N4O5. The predicted octanol–water partition coefficient (Wildman–Crippen LogP) is 7.84. The SMILES string of the molecule is C/C=C(\C)CN(CC(=O)N1CCN(C(C)=O)CC1)c1cc(C(=O)N=O)ccc1CC(C)CCCCC.C=CCOCC1=CC(C)=CC=CC1. The van der Waals surface area contributed by atoms with E-state index < -0.39 is 5.91 Å². The minimum absolute atomic E-state index is 0.0192. The topological polar surface area (TPSA) is 99.6 Å². The number of anilines is 1. The number of nitroso groups, excluding NO2 is 1. The smallest absolute Gasteiger partial charge is 0.316 e. The lowest BCUT2D eigenvalue weighted by Crippen LogP contribution is -2.52. The highest BCUT2D eigenvalue weighted by Crippen LogP contribution is 2.28. The van der Waals surface area contributed by atoms with Gasteiger partial charge in [0.1, 0.15) is 0 Å². The number of rotatable bonds is 16. The van der Waals surface area contributed by atoms with Gasteiger partial charge in [0.05, 0.1) is 19.8 Å². The Bertz CT molecular complexity index is 1380. The van der Waals surface area contributed by atoms with E-state index in [4.69, 9.17) is 4.74 Å². The third-order valence-corrected chi connectivity index (χ3v) is 8.79. The Labute approximate surface area is 294 Å². The van der Waals surface area contributed by atoms with Crippen molar-refractivity contribution in [2.75, 3.05) is 57.4 Å². The molecule has 1 aliphatic heterocycles. The molecule has 1 heterocycles. The molecule has 0 spiro atoms. The number of piperazine rings is 1. The van der Waals surface area contributed by atoms with E-state index in [0.29, 0.717) is 51.9 Å². The minimum atomic E-state index is -0.812. The first-order valence-electron chi connectivity index (χ1n) is 17.6. The van der Waals surface area contributed by atoms with Gasteiger partial charge in [-0.15, -0.1) is 11.5 Å². The third-order valence-electron chi connectivity index (χ3n) is 8.79. The van der Waals surface area contributed by atoms with Crippen LogP contribution in [-0.4, -0.2) is 80.0 Å².